The summed E-state index contributed by atoms with van der Waals surface area (Å²) in [4.78, 5) is 77.2. The zero-order chi connectivity index (χ0) is 50.3. The van der Waals surface area contributed by atoms with Gasteiger partial charge in [-0.1, -0.05) is 46.2 Å². The van der Waals surface area contributed by atoms with E-state index in [9.17, 15) is 50.7 Å². The maximum atomic E-state index is 13.6. The highest BCUT2D eigenvalue weighted by molar-refractivity contribution is 5.94. The first kappa shape index (κ1) is 57.9. The molecule has 16 nitrogen and oxygen atoms in total. The molecule has 0 spiro atoms. The third kappa shape index (κ3) is 20.3. The lowest BCUT2D eigenvalue weighted by molar-refractivity contribution is -0.141. The van der Waals surface area contributed by atoms with Crippen LogP contribution in [0.25, 0.3) is 0 Å². The second-order valence-electron chi connectivity index (χ2n) is 16.5. The van der Waals surface area contributed by atoms with Gasteiger partial charge in [-0.3, -0.25) is 24.0 Å². The molecule has 0 aliphatic rings. The maximum absolute atomic E-state index is 13.6. The molecular formula is C46H65F5N4O12. The number of rotatable bonds is 31. The molecule has 2 rings (SSSR count). The van der Waals surface area contributed by atoms with Crippen LogP contribution in [0.5, 0.6) is 5.75 Å². The van der Waals surface area contributed by atoms with Gasteiger partial charge in [-0.05, 0) is 50.3 Å². The van der Waals surface area contributed by atoms with Crippen molar-refractivity contribution < 1.29 is 79.1 Å². The number of ether oxygens (including phenoxy) is 6. The molecule has 67 heavy (non-hydrogen) atoms. The average molecular weight is 961 g/mol. The number of carbonyl (C=O) groups excluding carboxylic acids is 6. The molecule has 3 N–H and O–H groups in total. The number of esters is 1. The lowest BCUT2D eigenvalue weighted by atomic mass is 9.83. The Balaban J connectivity index is 1.52. The van der Waals surface area contributed by atoms with E-state index in [2.05, 4.69) is 34.5 Å². The van der Waals surface area contributed by atoms with E-state index in [1.165, 1.54) is 0 Å². The lowest BCUT2D eigenvalue weighted by Gasteiger charge is -2.34. The van der Waals surface area contributed by atoms with Crippen molar-refractivity contribution in [3.8, 4) is 5.75 Å². The molecule has 21 heteroatoms. The van der Waals surface area contributed by atoms with Gasteiger partial charge >= 0.3 is 12.1 Å². The van der Waals surface area contributed by atoms with Crippen LogP contribution in [0.2, 0.25) is 0 Å². The van der Waals surface area contributed by atoms with Gasteiger partial charge < -0.3 is 49.3 Å². The molecular weight excluding hydrogens is 896 g/mol. The Morgan fingerprint density at radius 2 is 1.19 bits per heavy atom. The molecule has 0 saturated heterocycles. The normalized spacial score (nSPS) is 12.8. The molecule has 3 atom stereocenters. The first-order chi connectivity index (χ1) is 31.6. The van der Waals surface area contributed by atoms with Gasteiger partial charge in [0.05, 0.1) is 71.2 Å². The molecule has 0 aliphatic heterocycles. The highest BCUT2D eigenvalue weighted by atomic mass is 19.2. The van der Waals surface area contributed by atoms with Crippen molar-refractivity contribution in [2.45, 2.75) is 98.8 Å². The van der Waals surface area contributed by atoms with Gasteiger partial charge in [0.15, 0.2) is 5.78 Å². The van der Waals surface area contributed by atoms with Crippen molar-refractivity contribution >= 4 is 41.3 Å². The summed E-state index contributed by atoms with van der Waals surface area (Å²) >= 11 is 0. The average Bonchev–Trinajstić information content (AvgIpc) is 3.29. The van der Waals surface area contributed by atoms with E-state index in [1.807, 2.05) is 20.8 Å². The van der Waals surface area contributed by atoms with Crippen LogP contribution < -0.4 is 20.7 Å². The summed E-state index contributed by atoms with van der Waals surface area (Å²) in [6, 6.07) is 6.69. The molecule has 4 amide bonds. The van der Waals surface area contributed by atoms with Crippen molar-refractivity contribution in [2.75, 3.05) is 71.8 Å². The summed E-state index contributed by atoms with van der Waals surface area (Å²) in [5.41, 5.74) is -0.110. The number of ketones is 1. The number of nitrogens with one attached hydrogen (secondary N) is 3. The number of nitrogens with zero attached hydrogens (tertiary/aromatic N) is 1. The van der Waals surface area contributed by atoms with Gasteiger partial charge in [-0.25, -0.2) is 18.0 Å². The van der Waals surface area contributed by atoms with Gasteiger partial charge in [0.1, 0.15) is 6.61 Å². The SMILES string of the molecule is CC[C@H](C)[C@@H](C)N(C)C(=O)[C@@H](CC(=O)C(C)(C)NC(=O)OCc1ccc(NC(=O)CCOCCOCCNC(=O)CCOCCOCCC(=O)Oc2c(F)c(F)c(F)c(F)c2F)cc1)C(C)C. The minimum Gasteiger partial charge on any atom is -0.445 e. The number of amides is 4. The van der Waals surface area contributed by atoms with Gasteiger partial charge in [-0.15, -0.1) is 0 Å². The summed E-state index contributed by atoms with van der Waals surface area (Å²) in [6.07, 6.45) is -0.337. The van der Waals surface area contributed by atoms with Gasteiger partial charge in [0.25, 0.3) is 0 Å². The molecule has 0 aromatic heterocycles. The summed E-state index contributed by atoms with van der Waals surface area (Å²) in [5.74, 6) is -15.7. The fraction of sp³-hybridized carbons (Fsp3) is 0.609. The first-order valence-corrected chi connectivity index (χ1v) is 22.0. The van der Waals surface area contributed by atoms with Crippen LogP contribution in [0.3, 0.4) is 0 Å². The summed E-state index contributed by atoms with van der Waals surface area (Å²) in [5, 5.41) is 8.02. The van der Waals surface area contributed by atoms with Crippen molar-refractivity contribution in [3.63, 3.8) is 0 Å². The number of carbonyl (C=O) groups is 6. The zero-order valence-electron chi connectivity index (χ0n) is 39.5. The molecule has 376 valence electrons. The van der Waals surface area contributed by atoms with Crippen LogP contribution in [-0.2, 0) is 54.3 Å². The predicted molar refractivity (Wildman–Crippen MR) is 234 cm³/mol. The van der Waals surface area contributed by atoms with E-state index >= 15 is 0 Å². The summed E-state index contributed by atoms with van der Waals surface area (Å²) < 4.78 is 97.6. The van der Waals surface area contributed by atoms with Gasteiger partial charge in [0, 0.05) is 44.1 Å². The van der Waals surface area contributed by atoms with E-state index in [0.29, 0.717) is 17.2 Å². The monoisotopic (exact) mass is 960 g/mol. The highest BCUT2D eigenvalue weighted by Crippen LogP contribution is 2.29. The number of hydrogen-bond donors (Lipinski definition) is 3. The van der Waals surface area contributed by atoms with Crippen molar-refractivity contribution in [1.29, 1.82) is 0 Å². The maximum Gasteiger partial charge on any atom is 0.408 e. The number of hydrogen-bond acceptors (Lipinski definition) is 12. The molecule has 0 radical (unpaired) electrons. The minimum absolute atomic E-state index is 0.0151. The lowest BCUT2D eigenvalue weighted by Crippen LogP contribution is -2.52. The molecule has 0 bridgehead atoms. The Labute approximate surface area is 388 Å². The van der Waals surface area contributed by atoms with Crippen LogP contribution in [0.15, 0.2) is 24.3 Å². The second kappa shape index (κ2) is 29.5. The smallest absolute Gasteiger partial charge is 0.408 e. The van der Waals surface area contributed by atoms with E-state index in [0.717, 1.165) is 6.42 Å². The number of halogens is 5. The largest absolute Gasteiger partial charge is 0.445 e. The van der Waals surface area contributed by atoms with E-state index in [1.54, 1.807) is 50.1 Å². The summed E-state index contributed by atoms with van der Waals surface area (Å²) in [6.45, 7) is 13.8. The molecule has 0 aliphatic carbocycles. The van der Waals surface area contributed by atoms with Crippen LogP contribution >= 0.6 is 0 Å². The van der Waals surface area contributed by atoms with Gasteiger partial charge in [0.2, 0.25) is 52.6 Å². The molecule has 0 unspecified atom stereocenters. The Hall–Kier alpha value is -5.25. The molecule has 2 aromatic rings. The van der Waals surface area contributed by atoms with Gasteiger partial charge in [-0.2, -0.15) is 8.78 Å². The minimum atomic E-state index is -2.38. The Bertz CT molecular complexity index is 1910. The zero-order valence-corrected chi connectivity index (χ0v) is 39.5. The number of benzene rings is 2. The van der Waals surface area contributed by atoms with Crippen molar-refractivity contribution in [3.05, 3.63) is 58.9 Å². The fourth-order valence-electron chi connectivity index (χ4n) is 5.99. The van der Waals surface area contributed by atoms with Crippen LogP contribution in [-0.4, -0.2) is 118 Å². The second-order valence-corrected chi connectivity index (χ2v) is 16.5. The Morgan fingerprint density at radius 1 is 0.687 bits per heavy atom. The molecule has 0 heterocycles. The standard InChI is InChI=1S/C46H65F5N4O12/c1-9-29(4)30(5)55(8)44(60)33(28(2)3)26-34(56)46(6,7)54-45(61)66-27-31-10-12-32(13-11-31)53-36(58)15-19-63-24-25-65-21-17-52-35(57)14-18-62-22-23-64-20-16-37(59)67-43-41(50)39(48)38(47)40(49)42(43)51/h10-13,28-30,33H,9,14-27H2,1-8H3,(H,52,57)(H,53,58)(H,54,61)/t29-,30+,33-/m0/s1. The van der Waals surface area contributed by atoms with Crippen LogP contribution in [0.4, 0.5) is 32.4 Å². The third-order valence-corrected chi connectivity index (χ3v) is 10.8. The van der Waals surface area contributed by atoms with Crippen molar-refractivity contribution in [2.24, 2.45) is 17.8 Å². The number of Topliss-reactive ketones (excluding diaryl/α,β-unsaturated/α-hetero) is 1. The fourth-order valence-corrected chi connectivity index (χ4v) is 5.99. The van der Waals surface area contributed by atoms with Crippen molar-refractivity contribution in [1.82, 2.24) is 15.5 Å². The Kier molecular flexibility index (Phi) is 25.5. The first-order valence-electron chi connectivity index (χ1n) is 22.0. The summed E-state index contributed by atoms with van der Waals surface area (Å²) in [7, 11) is 1.77. The van der Waals surface area contributed by atoms with E-state index < -0.39 is 64.8 Å². The highest BCUT2D eigenvalue weighted by Gasteiger charge is 2.37. The molecule has 0 fully saturated rings. The molecule has 2 aromatic carbocycles. The van der Waals surface area contributed by atoms with Crippen LogP contribution in [0, 0.1) is 46.8 Å². The number of anilines is 1. The Morgan fingerprint density at radius 3 is 1.73 bits per heavy atom. The predicted octanol–water partition coefficient (Wildman–Crippen LogP) is 6.41. The van der Waals surface area contributed by atoms with E-state index in [-0.39, 0.29) is 121 Å². The third-order valence-electron chi connectivity index (χ3n) is 10.8. The quantitative estimate of drug-likeness (QED) is 0.0188. The molecule has 0 saturated carbocycles. The van der Waals surface area contributed by atoms with Crippen LogP contribution in [0.1, 0.15) is 86.1 Å². The topological polar surface area (TPSA) is 197 Å². The van der Waals surface area contributed by atoms with E-state index in [4.69, 9.17) is 23.7 Å². The number of alkyl carbamates (subject to hydrolysis) is 1.